The minimum Gasteiger partial charge on any atom is -1.00 e. The molecule has 0 atom stereocenters. The predicted molar refractivity (Wildman–Crippen MR) is 58.0 cm³/mol. The summed E-state index contributed by atoms with van der Waals surface area (Å²) < 4.78 is 0. The number of hydrogen-bond acceptors (Lipinski definition) is 4. The van der Waals surface area contributed by atoms with Crippen molar-refractivity contribution >= 4 is 31.4 Å². The number of hydrogen-bond donors (Lipinski definition) is 4. The first kappa shape index (κ1) is 42.8. The fraction of sp³-hybridized carbons (Fsp3) is 0.500. The molecule has 0 aromatic rings. The van der Waals surface area contributed by atoms with E-state index in [1.54, 1.807) is 0 Å². The molecule has 0 heterocycles. The second kappa shape index (κ2) is 19.6. The van der Waals surface area contributed by atoms with Gasteiger partial charge < -0.3 is 35.7 Å². The van der Waals surface area contributed by atoms with Crippen LogP contribution in [0.25, 0.3) is 0 Å². The van der Waals surface area contributed by atoms with E-state index in [2.05, 4.69) is 0 Å². The van der Waals surface area contributed by atoms with E-state index in [-0.39, 0.29) is 117 Å². The van der Waals surface area contributed by atoms with Crippen molar-refractivity contribution in [1.29, 1.82) is 0 Å². The second-order valence-electron chi connectivity index (χ2n) is 2.48. The molecule has 104 valence electrons. The molecular formula is C6H17Na3O9S. The Labute approximate surface area is 186 Å². The normalized spacial score (nSPS) is 7.42. The molecule has 0 unspecified atom stereocenters. The molecule has 19 heavy (non-hydrogen) atoms. The van der Waals surface area contributed by atoms with Gasteiger partial charge in [0.25, 0.3) is 0 Å². The Bertz CT molecular complexity index is 259. The van der Waals surface area contributed by atoms with E-state index in [1.165, 1.54) is 0 Å². The third-order valence-corrected chi connectivity index (χ3v) is 1.29. The molecule has 0 aromatic carbocycles. The van der Waals surface area contributed by atoms with E-state index < -0.39 is 36.4 Å². The standard InChI is InChI=1S/C6H8O7.3Na.2H2O.H2S.3H/c7-3(8)1-6(13,5(11)12)2-4(9)10;;;;;;;;;/h13H,1-2H2,(H,7,8)(H,9,10)(H,11,12);;;;3*1H2;;;/q;3*+1;;;;3*-1. The molecular weight excluding hydrogens is 317 g/mol. The van der Waals surface area contributed by atoms with Gasteiger partial charge in [-0.25, -0.2) is 4.79 Å². The molecule has 0 aliphatic carbocycles. The van der Waals surface area contributed by atoms with Gasteiger partial charge in [-0.05, 0) is 0 Å². The van der Waals surface area contributed by atoms with Crippen LogP contribution < -0.4 is 88.7 Å². The minimum atomic E-state index is -2.74. The Morgan fingerprint density at radius 1 is 0.842 bits per heavy atom. The maximum Gasteiger partial charge on any atom is 1.00 e. The number of carbonyl (C=O) groups is 3. The summed E-state index contributed by atoms with van der Waals surface area (Å²) in [4.78, 5) is 30.5. The summed E-state index contributed by atoms with van der Waals surface area (Å²) in [5, 5.41) is 33.8. The monoisotopic (exact) mass is 334 g/mol. The molecule has 0 spiro atoms. The smallest absolute Gasteiger partial charge is 1.00 e. The van der Waals surface area contributed by atoms with Crippen LogP contribution in [0.1, 0.15) is 17.1 Å². The molecule has 0 fully saturated rings. The van der Waals surface area contributed by atoms with Crippen LogP contribution in [0.15, 0.2) is 0 Å². The number of carboxylic acids is 3. The number of carboxylic acid groups (broad SMARTS) is 3. The average molecular weight is 334 g/mol. The summed E-state index contributed by atoms with van der Waals surface area (Å²) in [5.41, 5.74) is -2.74. The van der Waals surface area contributed by atoms with Crippen LogP contribution in [0.5, 0.6) is 0 Å². The van der Waals surface area contributed by atoms with E-state index in [9.17, 15) is 14.4 Å². The first-order chi connectivity index (χ1) is 5.78. The van der Waals surface area contributed by atoms with Crippen LogP contribution in [0, 0.1) is 0 Å². The molecule has 0 amide bonds. The van der Waals surface area contributed by atoms with Gasteiger partial charge in [-0.15, -0.1) is 0 Å². The molecule has 0 bridgehead atoms. The zero-order valence-electron chi connectivity index (χ0n) is 13.9. The Kier molecular flexibility index (Phi) is 44.2. The molecule has 0 aromatic heterocycles. The summed E-state index contributed by atoms with van der Waals surface area (Å²) in [6, 6.07) is 0. The fourth-order valence-electron chi connectivity index (χ4n) is 0.714. The summed E-state index contributed by atoms with van der Waals surface area (Å²) >= 11 is 0. The molecule has 0 radical (unpaired) electrons. The molecule has 0 saturated heterocycles. The third-order valence-electron chi connectivity index (χ3n) is 1.29. The van der Waals surface area contributed by atoms with Crippen LogP contribution in [-0.4, -0.2) is 54.9 Å². The van der Waals surface area contributed by atoms with Crippen LogP contribution in [-0.2, 0) is 14.4 Å². The maximum atomic E-state index is 10.3. The first-order valence-corrected chi connectivity index (χ1v) is 3.17. The van der Waals surface area contributed by atoms with Crippen molar-refractivity contribution in [2.45, 2.75) is 18.4 Å². The number of aliphatic hydroxyl groups is 1. The Hall–Kier alpha value is 1.64. The maximum absolute atomic E-state index is 10.3. The van der Waals surface area contributed by atoms with E-state index in [0.29, 0.717) is 0 Å². The summed E-state index contributed by atoms with van der Waals surface area (Å²) in [6.45, 7) is 0. The van der Waals surface area contributed by atoms with E-state index in [1.807, 2.05) is 0 Å². The van der Waals surface area contributed by atoms with Gasteiger partial charge in [0.15, 0.2) is 5.60 Å². The van der Waals surface area contributed by atoms with Crippen molar-refractivity contribution in [3.63, 3.8) is 0 Å². The molecule has 0 aliphatic heterocycles. The molecule has 0 saturated carbocycles. The summed E-state index contributed by atoms with van der Waals surface area (Å²) in [5.74, 6) is -5.02. The van der Waals surface area contributed by atoms with Crippen LogP contribution in [0.4, 0.5) is 0 Å². The average Bonchev–Trinajstić information content (AvgIpc) is 1.82. The van der Waals surface area contributed by atoms with Crippen molar-refractivity contribution in [3.05, 3.63) is 0 Å². The van der Waals surface area contributed by atoms with Gasteiger partial charge in [-0.3, -0.25) is 9.59 Å². The van der Waals surface area contributed by atoms with Gasteiger partial charge in [-0.1, -0.05) is 0 Å². The van der Waals surface area contributed by atoms with Crippen LogP contribution in [0.2, 0.25) is 0 Å². The fourth-order valence-corrected chi connectivity index (χ4v) is 0.714. The van der Waals surface area contributed by atoms with Crippen molar-refractivity contribution < 1.29 is 139 Å². The quantitative estimate of drug-likeness (QED) is 0.358. The SMILES string of the molecule is O.O.O=C(O)CC(O)(CC(=O)O)C(=O)O.S.[H-].[H-].[H-].[Na+].[Na+].[Na+]. The van der Waals surface area contributed by atoms with Crippen LogP contribution in [0.3, 0.4) is 0 Å². The molecule has 0 aliphatic rings. The van der Waals surface area contributed by atoms with Crippen LogP contribution >= 0.6 is 13.5 Å². The Balaban J connectivity index is -0.0000000200. The first-order valence-electron chi connectivity index (χ1n) is 3.17. The predicted octanol–water partition coefficient (Wildman–Crippen LogP) is -11.4. The molecule has 8 N–H and O–H groups in total. The molecule has 9 nitrogen and oxygen atoms in total. The number of aliphatic carboxylic acids is 3. The topological polar surface area (TPSA) is 195 Å². The third kappa shape index (κ3) is 19.6. The zero-order chi connectivity index (χ0) is 10.6. The van der Waals surface area contributed by atoms with Crippen molar-refractivity contribution in [2.75, 3.05) is 0 Å². The van der Waals surface area contributed by atoms with Gasteiger partial charge in [-0.2, -0.15) is 13.5 Å². The Morgan fingerprint density at radius 2 is 1.05 bits per heavy atom. The van der Waals surface area contributed by atoms with Gasteiger partial charge in [0.2, 0.25) is 0 Å². The van der Waals surface area contributed by atoms with Crippen molar-refractivity contribution in [3.8, 4) is 0 Å². The van der Waals surface area contributed by atoms with Gasteiger partial charge in [0.1, 0.15) is 0 Å². The summed E-state index contributed by atoms with van der Waals surface area (Å²) in [6.07, 6.45) is -2.29. The second-order valence-corrected chi connectivity index (χ2v) is 2.48. The van der Waals surface area contributed by atoms with E-state index in [0.717, 1.165) is 0 Å². The largest absolute Gasteiger partial charge is 1.00 e. The van der Waals surface area contributed by atoms with Gasteiger partial charge in [0, 0.05) is 0 Å². The molecule has 0 rings (SSSR count). The minimum absolute atomic E-state index is 0. The van der Waals surface area contributed by atoms with Gasteiger partial charge in [0.05, 0.1) is 12.8 Å². The van der Waals surface area contributed by atoms with Crippen molar-refractivity contribution in [2.24, 2.45) is 0 Å². The van der Waals surface area contributed by atoms with Gasteiger partial charge >= 0.3 is 107 Å². The van der Waals surface area contributed by atoms with E-state index >= 15 is 0 Å². The molecule has 13 heteroatoms. The zero-order valence-corrected chi connectivity index (χ0v) is 17.9. The Morgan fingerprint density at radius 3 is 1.16 bits per heavy atom. The number of rotatable bonds is 5. The summed E-state index contributed by atoms with van der Waals surface area (Å²) in [7, 11) is 0. The van der Waals surface area contributed by atoms with Crippen molar-refractivity contribution in [1.82, 2.24) is 0 Å². The van der Waals surface area contributed by atoms with E-state index in [4.69, 9.17) is 20.4 Å².